The number of anilines is 1. The second-order valence-electron chi connectivity index (χ2n) is 7.81. The minimum absolute atomic E-state index is 0.191. The van der Waals surface area contributed by atoms with E-state index in [1.807, 2.05) is 13.8 Å². The Hall–Kier alpha value is -1.60. The number of nitrogens with two attached hydrogens (primary N) is 1. The van der Waals surface area contributed by atoms with E-state index in [4.69, 9.17) is 15.0 Å². The van der Waals surface area contributed by atoms with E-state index in [9.17, 15) is 4.79 Å². The first-order chi connectivity index (χ1) is 11.0. The molecule has 132 valence electrons. The van der Waals surface area contributed by atoms with Gasteiger partial charge in [-0.05, 0) is 39.2 Å². The lowest BCUT2D eigenvalue weighted by atomic mass is 9.79. The van der Waals surface area contributed by atoms with Crippen LogP contribution in [0.15, 0.2) is 12.3 Å². The molecule has 0 aromatic carbocycles. The van der Waals surface area contributed by atoms with E-state index in [-0.39, 0.29) is 11.7 Å². The molecule has 1 atom stereocenters. The molecule has 0 aliphatic carbocycles. The Balaban J connectivity index is 2.34. The van der Waals surface area contributed by atoms with Gasteiger partial charge >= 0.3 is 7.12 Å². The monoisotopic (exact) mass is 333 g/mol. The summed E-state index contributed by atoms with van der Waals surface area (Å²) >= 11 is 0. The van der Waals surface area contributed by atoms with Crippen molar-refractivity contribution in [3.8, 4) is 0 Å². The Kier molecular flexibility index (Phi) is 4.97. The molecule has 2 rings (SSSR count). The van der Waals surface area contributed by atoms with Crippen LogP contribution in [0.1, 0.15) is 51.4 Å². The quantitative estimate of drug-likeness (QED) is 0.849. The van der Waals surface area contributed by atoms with Crippen LogP contribution >= 0.6 is 0 Å². The SMILES string of the molecule is CC(C)CC1(C)OB(c2cnc(N)c(C(=O)N(C)C)c2)OC1(C)C. The Morgan fingerprint density at radius 1 is 1.33 bits per heavy atom. The van der Waals surface area contributed by atoms with Crippen molar-refractivity contribution in [3.63, 3.8) is 0 Å². The van der Waals surface area contributed by atoms with Gasteiger partial charge in [-0.1, -0.05) is 13.8 Å². The molecule has 0 saturated carbocycles. The van der Waals surface area contributed by atoms with Crippen LogP contribution in [0.4, 0.5) is 5.82 Å². The normalized spacial score (nSPS) is 22.9. The standard InChI is InChI=1S/C17H28BN3O3/c1-11(2)9-17(5)16(3,4)23-18(24-17)12-8-13(14(19)20-10-12)15(22)21(6)7/h8,10-11H,9H2,1-7H3,(H2,19,20). The summed E-state index contributed by atoms with van der Waals surface area (Å²) in [7, 11) is 2.80. The molecule has 0 spiro atoms. The van der Waals surface area contributed by atoms with Gasteiger partial charge in [0.2, 0.25) is 0 Å². The Labute approximate surface area is 144 Å². The largest absolute Gasteiger partial charge is 0.496 e. The number of carbonyl (C=O) groups is 1. The van der Waals surface area contributed by atoms with Crippen molar-refractivity contribution in [2.45, 2.75) is 52.2 Å². The average Bonchev–Trinajstić information content (AvgIpc) is 2.67. The van der Waals surface area contributed by atoms with Gasteiger partial charge in [-0.25, -0.2) is 4.98 Å². The van der Waals surface area contributed by atoms with E-state index >= 15 is 0 Å². The van der Waals surface area contributed by atoms with E-state index in [2.05, 4.69) is 25.8 Å². The van der Waals surface area contributed by atoms with Crippen LogP contribution in [0.2, 0.25) is 0 Å². The van der Waals surface area contributed by atoms with E-state index in [0.29, 0.717) is 16.9 Å². The van der Waals surface area contributed by atoms with Crippen LogP contribution in [0.3, 0.4) is 0 Å². The van der Waals surface area contributed by atoms with Crippen LogP contribution in [0.25, 0.3) is 0 Å². The summed E-state index contributed by atoms with van der Waals surface area (Å²) in [5.41, 5.74) is 6.06. The highest BCUT2D eigenvalue weighted by Crippen LogP contribution is 2.41. The van der Waals surface area contributed by atoms with Gasteiger partial charge < -0.3 is 19.9 Å². The fraction of sp³-hybridized carbons (Fsp3) is 0.647. The maximum absolute atomic E-state index is 12.3. The van der Waals surface area contributed by atoms with Gasteiger partial charge in [0.15, 0.2) is 0 Å². The zero-order valence-electron chi connectivity index (χ0n) is 15.7. The van der Waals surface area contributed by atoms with Crippen LogP contribution in [-0.4, -0.2) is 48.2 Å². The highest BCUT2D eigenvalue weighted by atomic mass is 16.7. The summed E-state index contributed by atoms with van der Waals surface area (Å²) in [5.74, 6) is 0.496. The summed E-state index contributed by atoms with van der Waals surface area (Å²) in [6.07, 6.45) is 2.49. The maximum atomic E-state index is 12.3. The molecule has 1 amide bonds. The number of hydrogen-bond donors (Lipinski definition) is 1. The van der Waals surface area contributed by atoms with Gasteiger partial charge in [-0.2, -0.15) is 0 Å². The number of nitrogens with zero attached hydrogens (tertiary/aromatic N) is 2. The number of carbonyl (C=O) groups excluding carboxylic acids is 1. The third-order valence-electron chi connectivity index (χ3n) is 4.69. The lowest BCUT2D eigenvalue weighted by molar-refractivity contribution is -0.0239. The molecular weight excluding hydrogens is 305 g/mol. The predicted octanol–water partition coefficient (Wildman–Crippen LogP) is 1.69. The third kappa shape index (κ3) is 3.42. The molecule has 1 aliphatic heterocycles. The van der Waals surface area contributed by atoms with Crippen molar-refractivity contribution in [2.24, 2.45) is 5.92 Å². The first kappa shape index (κ1) is 18.7. The minimum atomic E-state index is -0.564. The molecule has 2 N–H and O–H groups in total. The maximum Gasteiger partial charge on any atom is 0.496 e. The third-order valence-corrected chi connectivity index (χ3v) is 4.69. The van der Waals surface area contributed by atoms with Crippen molar-refractivity contribution in [1.82, 2.24) is 9.88 Å². The molecular formula is C17H28BN3O3. The average molecular weight is 333 g/mol. The van der Waals surface area contributed by atoms with Crippen molar-refractivity contribution in [3.05, 3.63) is 17.8 Å². The molecule has 1 aromatic heterocycles. The fourth-order valence-corrected chi connectivity index (χ4v) is 3.04. The van der Waals surface area contributed by atoms with Crippen LogP contribution in [0, 0.1) is 5.92 Å². The highest BCUT2D eigenvalue weighted by molar-refractivity contribution is 6.62. The number of aromatic nitrogens is 1. The van der Waals surface area contributed by atoms with E-state index < -0.39 is 18.3 Å². The molecule has 0 bridgehead atoms. The first-order valence-electron chi connectivity index (χ1n) is 8.29. The molecule has 1 aliphatic rings. The zero-order valence-corrected chi connectivity index (χ0v) is 15.7. The van der Waals surface area contributed by atoms with E-state index in [0.717, 1.165) is 6.42 Å². The molecule has 1 fully saturated rings. The molecule has 1 aromatic rings. The summed E-state index contributed by atoms with van der Waals surface area (Å²) in [6, 6.07) is 1.71. The van der Waals surface area contributed by atoms with Crippen molar-refractivity contribution in [1.29, 1.82) is 0 Å². The fourth-order valence-electron chi connectivity index (χ4n) is 3.04. The van der Waals surface area contributed by atoms with Crippen molar-refractivity contribution in [2.75, 3.05) is 19.8 Å². The van der Waals surface area contributed by atoms with Gasteiger partial charge in [0.25, 0.3) is 5.91 Å². The second kappa shape index (κ2) is 6.37. The topological polar surface area (TPSA) is 77.7 Å². The van der Waals surface area contributed by atoms with Crippen LogP contribution in [-0.2, 0) is 9.31 Å². The summed E-state index contributed by atoms with van der Waals surface area (Å²) in [4.78, 5) is 17.9. The van der Waals surface area contributed by atoms with Gasteiger partial charge in [-0.15, -0.1) is 0 Å². The van der Waals surface area contributed by atoms with Crippen molar-refractivity contribution >= 4 is 24.3 Å². The van der Waals surface area contributed by atoms with Gasteiger partial charge in [0, 0.05) is 25.8 Å². The molecule has 1 unspecified atom stereocenters. The molecule has 0 radical (unpaired) electrons. The smallest absolute Gasteiger partial charge is 0.399 e. The van der Waals surface area contributed by atoms with Crippen molar-refractivity contribution < 1.29 is 14.1 Å². The first-order valence-corrected chi connectivity index (χ1v) is 8.29. The van der Waals surface area contributed by atoms with E-state index in [1.54, 1.807) is 26.4 Å². The number of amides is 1. The number of pyridine rings is 1. The molecule has 7 heteroatoms. The lowest BCUT2D eigenvalue weighted by Gasteiger charge is -2.37. The number of nitrogen functional groups attached to an aromatic ring is 1. The van der Waals surface area contributed by atoms with Gasteiger partial charge in [0.1, 0.15) is 5.82 Å². The van der Waals surface area contributed by atoms with Gasteiger partial charge in [-0.3, -0.25) is 4.79 Å². The van der Waals surface area contributed by atoms with Crippen LogP contribution in [0.5, 0.6) is 0 Å². The molecule has 2 heterocycles. The highest BCUT2D eigenvalue weighted by Gasteiger charge is 2.54. The lowest BCUT2D eigenvalue weighted by Crippen LogP contribution is -2.45. The second-order valence-corrected chi connectivity index (χ2v) is 7.81. The molecule has 24 heavy (non-hydrogen) atoms. The summed E-state index contributed by atoms with van der Waals surface area (Å²) in [5, 5.41) is 0. The number of hydrogen-bond acceptors (Lipinski definition) is 5. The summed E-state index contributed by atoms with van der Waals surface area (Å²) < 4.78 is 12.4. The molecule has 1 saturated heterocycles. The number of rotatable bonds is 4. The minimum Gasteiger partial charge on any atom is -0.399 e. The summed E-state index contributed by atoms with van der Waals surface area (Å²) in [6.45, 7) is 10.5. The Morgan fingerprint density at radius 3 is 2.50 bits per heavy atom. The molecule has 6 nitrogen and oxygen atoms in total. The Morgan fingerprint density at radius 2 is 1.96 bits per heavy atom. The van der Waals surface area contributed by atoms with E-state index in [1.165, 1.54) is 4.90 Å². The van der Waals surface area contributed by atoms with Crippen LogP contribution < -0.4 is 11.2 Å². The zero-order chi connectivity index (χ0) is 18.3. The predicted molar refractivity (Wildman–Crippen MR) is 96.2 cm³/mol. The Bertz CT molecular complexity index is 634. The van der Waals surface area contributed by atoms with Gasteiger partial charge in [0.05, 0.1) is 16.8 Å².